The Morgan fingerprint density at radius 1 is 1.33 bits per heavy atom. The highest BCUT2D eigenvalue weighted by Crippen LogP contribution is 2.30. The molecular formula is C14H24N4O8S. The number of nitrogens with two attached hydrogens (primary N) is 1. The molecule has 13 heteroatoms. The summed E-state index contributed by atoms with van der Waals surface area (Å²) in [5.74, 6) is -0.257. The minimum absolute atomic E-state index is 0.119. The van der Waals surface area contributed by atoms with Crippen LogP contribution in [0.25, 0.3) is 0 Å². The Balaban J connectivity index is 1.49. The molecule has 0 aliphatic carbocycles. The van der Waals surface area contributed by atoms with E-state index < -0.39 is 34.4 Å². The molecule has 0 spiro atoms. The van der Waals surface area contributed by atoms with E-state index in [1.807, 2.05) is 0 Å². The lowest BCUT2D eigenvalue weighted by atomic mass is 9.93. The Bertz CT molecular complexity index is 668. The molecule has 27 heavy (non-hydrogen) atoms. The van der Waals surface area contributed by atoms with Crippen molar-refractivity contribution >= 4 is 22.3 Å². The molecule has 0 radical (unpaired) electrons. The number of hydrogen-bond donors (Lipinski definition) is 3. The summed E-state index contributed by atoms with van der Waals surface area (Å²) in [7, 11) is -4.82. The van der Waals surface area contributed by atoms with Gasteiger partial charge in [-0.3, -0.25) is 14.2 Å². The minimum Gasteiger partial charge on any atom is -0.381 e. The first-order chi connectivity index (χ1) is 12.8. The van der Waals surface area contributed by atoms with Gasteiger partial charge in [0.2, 0.25) is 0 Å². The molecule has 3 fully saturated rings. The second kappa shape index (κ2) is 8.24. The van der Waals surface area contributed by atoms with Crippen LogP contribution in [0.1, 0.15) is 25.7 Å². The number of ether oxygens (including phenoxy) is 1. The van der Waals surface area contributed by atoms with Gasteiger partial charge in [0.15, 0.2) is 0 Å². The molecule has 2 bridgehead atoms. The zero-order valence-corrected chi connectivity index (χ0v) is 15.5. The van der Waals surface area contributed by atoms with Gasteiger partial charge in [0.05, 0.1) is 12.6 Å². The predicted molar refractivity (Wildman–Crippen MR) is 89.0 cm³/mol. The van der Waals surface area contributed by atoms with Gasteiger partial charge >= 0.3 is 16.4 Å². The normalized spacial score (nSPS) is 27.7. The maximum atomic E-state index is 12.4. The second-order valence-electron chi connectivity index (χ2n) is 6.90. The van der Waals surface area contributed by atoms with Crippen LogP contribution in [0, 0.1) is 5.92 Å². The Labute approximate surface area is 156 Å². The Hall–Kier alpha value is -1.51. The molecule has 0 aromatic heterocycles. The Kier molecular flexibility index (Phi) is 6.18. The van der Waals surface area contributed by atoms with Crippen LogP contribution in [0.4, 0.5) is 4.79 Å². The van der Waals surface area contributed by atoms with E-state index in [4.69, 9.17) is 19.9 Å². The van der Waals surface area contributed by atoms with Crippen molar-refractivity contribution in [3.63, 3.8) is 0 Å². The van der Waals surface area contributed by atoms with Crippen molar-refractivity contribution in [1.82, 2.24) is 15.4 Å². The molecule has 4 N–H and O–H groups in total. The predicted octanol–water partition coefficient (Wildman–Crippen LogP) is -1.21. The topological polar surface area (TPSA) is 161 Å². The van der Waals surface area contributed by atoms with Crippen molar-refractivity contribution < 1.29 is 36.4 Å². The average molecular weight is 408 g/mol. The summed E-state index contributed by atoms with van der Waals surface area (Å²) >= 11 is 0. The molecular weight excluding hydrogens is 384 g/mol. The summed E-state index contributed by atoms with van der Waals surface area (Å²) in [6.45, 7) is 1.58. The van der Waals surface area contributed by atoms with Crippen LogP contribution >= 0.6 is 0 Å². The van der Waals surface area contributed by atoms with Gasteiger partial charge in [-0.05, 0) is 31.6 Å². The molecule has 3 aliphatic heterocycles. The number of nitrogens with zero attached hydrogens (tertiary/aromatic N) is 2. The minimum atomic E-state index is -4.82. The lowest BCUT2D eigenvalue weighted by Crippen LogP contribution is -2.50. The molecule has 154 valence electrons. The lowest BCUT2D eigenvalue weighted by molar-refractivity contribution is -0.139. The van der Waals surface area contributed by atoms with E-state index in [2.05, 4.69) is 9.76 Å². The van der Waals surface area contributed by atoms with E-state index in [1.54, 1.807) is 0 Å². The number of urea groups is 1. The van der Waals surface area contributed by atoms with Gasteiger partial charge < -0.3 is 15.4 Å². The van der Waals surface area contributed by atoms with Crippen molar-refractivity contribution in [2.24, 2.45) is 11.7 Å². The number of hydroxylamine groups is 3. The van der Waals surface area contributed by atoms with Gasteiger partial charge in [0, 0.05) is 25.8 Å². The van der Waals surface area contributed by atoms with Gasteiger partial charge in [0.25, 0.3) is 5.91 Å². The standard InChI is InChI=1S/C14H24N4O8S/c15-11(9-3-5-24-6-4-9)8-25-16-13(19)12-2-1-10-7-17(12)14(20)18(10)26-27(21,22)23/h9-12H,1-8,15H2,(H,16,19)(H,21,22,23)/t10-,11?,12+/m1/s1. The number of fused-ring (bicyclic) bond motifs is 2. The number of rotatable bonds is 7. The number of carbonyl (C=O) groups excluding carboxylic acids is 2. The van der Waals surface area contributed by atoms with Crippen molar-refractivity contribution in [3.05, 3.63) is 0 Å². The quantitative estimate of drug-likeness (QED) is 0.347. The number of nitrogens with one attached hydrogen (secondary N) is 1. The smallest absolute Gasteiger partial charge is 0.381 e. The molecule has 3 saturated heterocycles. The number of amides is 3. The van der Waals surface area contributed by atoms with Crippen LogP contribution in [-0.2, 0) is 29.1 Å². The van der Waals surface area contributed by atoms with E-state index >= 15 is 0 Å². The van der Waals surface area contributed by atoms with Crippen molar-refractivity contribution in [2.75, 3.05) is 26.4 Å². The van der Waals surface area contributed by atoms with Gasteiger partial charge in [-0.25, -0.2) is 10.3 Å². The lowest BCUT2D eigenvalue weighted by Gasteiger charge is -2.30. The molecule has 3 aliphatic rings. The average Bonchev–Trinajstić information content (AvgIpc) is 2.86. The fourth-order valence-electron chi connectivity index (χ4n) is 3.66. The number of hydrogen-bond acceptors (Lipinski definition) is 8. The van der Waals surface area contributed by atoms with Crippen LogP contribution in [0.3, 0.4) is 0 Å². The highest BCUT2D eigenvalue weighted by atomic mass is 32.3. The Morgan fingerprint density at radius 2 is 2.04 bits per heavy atom. The monoisotopic (exact) mass is 408 g/mol. The summed E-state index contributed by atoms with van der Waals surface area (Å²) in [4.78, 5) is 31.0. The largest absolute Gasteiger partial charge is 0.418 e. The van der Waals surface area contributed by atoms with Crippen LogP contribution in [-0.4, -0.2) is 79.4 Å². The third-order valence-electron chi connectivity index (χ3n) is 5.12. The zero-order valence-electron chi connectivity index (χ0n) is 14.7. The van der Waals surface area contributed by atoms with E-state index in [9.17, 15) is 18.0 Å². The summed E-state index contributed by atoms with van der Waals surface area (Å²) in [5, 5.41) is 0.588. The first kappa shape index (κ1) is 20.2. The molecule has 1 unspecified atom stereocenters. The second-order valence-corrected chi connectivity index (χ2v) is 7.91. The maximum Gasteiger partial charge on any atom is 0.418 e. The molecule has 0 aromatic carbocycles. The summed E-state index contributed by atoms with van der Waals surface area (Å²) in [5.41, 5.74) is 8.39. The summed E-state index contributed by atoms with van der Waals surface area (Å²) < 4.78 is 40.1. The van der Waals surface area contributed by atoms with Gasteiger partial charge in [0.1, 0.15) is 6.04 Å². The highest BCUT2D eigenvalue weighted by Gasteiger charge is 2.49. The van der Waals surface area contributed by atoms with E-state index in [-0.39, 0.29) is 25.1 Å². The van der Waals surface area contributed by atoms with Crippen molar-refractivity contribution in [2.45, 2.75) is 43.8 Å². The highest BCUT2D eigenvalue weighted by molar-refractivity contribution is 7.80. The van der Waals surface area contributed by atoms with Gasteiger partial charge in [-0.2, -0.15) is 13.5 Å². The fourth-order valence-corrected chi connectivity index (χ4v) is 4.05. The number of piperidine rings is 1. The zero-order chi connectivity index (χ0) is 19.6. The van der Waals surface area contributed by atoms with E-state index in [1.165, 1.54) is 4.90 Å². The van der Waals surface area contributed by atoms with Gasteiger partial charge in [-0.15, -0.1) is 4.28 Å². The number of carbonyl (C=O) groups is 2. The maximum absolute atomic E-state index is 12.4. The SMILES string of the molecule is NC(CONC(=O)[C@@H]1CC[C@@H]2CN1C(=O)N2OS(=O)(=O)O)C1CCOCC1. The summed E-state index contributed by atoms with van der Waals surface area (Å²) in [6.07, 6.45) is 2.34. The molecule has 3 rings (SSSR count). The van der Waals surface area contributed by atoms with Crippen molar-refractivity contribution in [1.29, 1.82) is 0 Å². The molecule has 0 aromatic rings. The van der Waals surface area contributed by atoms with Crippen LogP contribution in [0.2, 0.25) is 0 Å². The third-order valence-corrected chi connectivity index (χ3v) is 5.47. The fraction of sp³-hybridized carbons (Fsp3) is 0.857. The van der Waals surface area contributed by atoms with E-state index in [0.717, 1.165) is 12.8 Å². The Morgan fingerprint density at radius 3 is 2.70 bits per heavy atom. The van der Waals surface area contributed by atoms with Crippen LogP contribution < -0.4 is 11.2 Å². The molecule has 3 heterocycles. The van der Waals surface area contributed by atoms with Crippen LogP contribution in [0.15, 0.2) is 0 Å². The van der Waals surface area contributed by atoms with E-state index in [0.29, 0.717) is 31.1 Å². The third kappa shape index (κ3) is 4.86. The molecule has 0 saturated carbocycles. The summed E-state index contributed by atoms with van der Waals surface area (Å²) in [6, 6.07) is -2.40. The molecule has 3 amide bonds. The first-order valence-electron chi connectivity index (χ1n) is 8.78. The molecule has 3 atom stereocenters. The van der Waals surface area contributed by atoms with Crippen LogP contribution in [0.5, 0.6) is 0 Å². The first-order valence-corrected chi connectivity index (χ1v) is 10.1. The molecule has 12 nitrogen and oxygen atoms in total. The van der Waals surface area contributed by atoms with Crippen molar-refractivity contribution in [3.8, 4) is 0 Å². The van der Waals surface area contributed by atoms with Gasteiger partial charge in [-0.1, -0.05) is 0 Å².